The number of hydrogen-bond donors (Lipinski definition) is 1. The number of rotatable bonds is 4. The number of nitrogens with two attached hydrogens (primary N) is 1. The largest absolute Gasteiger partial charge is 0.496 e. The highest BCUT2D eigenvalue weighted by atomic mass is 16.5. The highest BCUT2D eigenvalue weighted by Crippen LogP contribution is 2.35. The van der Waals surface area contributed by atoms with Crippen molar-refractivity contribution in [2.24, 2.45) is 11.7 Å². The molecule has 3 heteroatoms. The molecular formula is C15H23NO2. The van der Waals surface area contributed by atoms with Gasteiger partial charge >= 0.3 is 0 Å². The lowest BCUT2D eigenvalue weighted by molar-refractivity contribution is 0.0569. The molecule has 0 aromatic heterocycles. The molecule has 1 saturated heterocycles. The molecule has 1 aromatic rings. The standard InChI is InChI=1S/C15H23NO2/c1-15(16,11-12-7-9-18-10-8-12)13-5-3-4-6-14(13)17-2/h3-6,12H,7-11,16H2,1-2H3. The minimum atomic E-state index is -0.339. The molecule has 0 radical (unpaired) electrons. The summed E-state index contributed by atoms with van der Waals surface area (Å²) in [5.74, 6) is 1.54. The zero-order chi connectivity index (χ0) is 13.0. The van der Waals surface area contributed by atoms with Gasteiger partial charge < -0.3 is 15.2 Å². The van der Waals surface area contributed by atoms with Crippen LogP contribution >= 0.6 is 0 Å². The molecule has 18 heavy (non-hydrogen) atoms. The number of ether oxygens (including phenoxy) is 2. The summed E-state index contributed by atoms with van der Waals surface area (Å²) in [5.41, 5.74) is 7.28. The first-order valence-corrected chi connectivity index (χ1v) is 6.63. The SMILES string of the molecule is COc1ccccc1C(C)(N)CC1CCOCC1. The van der Waals surface area contributed by atoms with Crippen LogP contribution < -0.4 is 10.5 Å². The second-order valence-electron chi connectivity index (χ2n) is 5.38. The average Bonchev–Trinajstić information content (AvgIpc) is 2.39. The molecule has 2 N–H and O–H groups in total. The fraction of sp³-hybridized carbons (Fsp3) is 0.600. The van der Waals surface area contributed by atoms with Gasteiger partial charge in [-0.05, 0) is 38.2 Å². The monoisotopic (exact) mass is 249 g/mol. The summed E-state index contributed by atoms with van der Waals surface area (Å²) < 4.78 is 10.8. The molecule has 0 bridgehead atoms. The average molecular weight is 249 g/mol. The van der Waals surface area contributed by atoms with Crippen molar-refractivity contribution in [2.75, 3.05) is 20.3 Å². The third-order valence-electron chi connectivity index (χ3n) is 3.78. The molecule has 0 saturated carbocycles. The number of hydrogen-bond acceptors (Lipinski definition) is 3. The molecular weight excluding hydrogens is 226 g/mol. The van der Waals surface area contributed by atoms with E-state index in [2.05, 4.69) is 13.0 Å². The van der Waals surface area contributed by atoms with Gasteiger partial charge in [-0.15, -0.1) is 0 Å². The van der Waals surface area contributed by atoms with Crippen LogP contribution in [-0.4, -0.2) is 20.3 Å². The Balaban J connectivity index is 2.13. The Morgan fingerprint density at radius 2 is 2.00 bits per heavy atom. The molecule has 0 amide bonds. The maximum absolute atomic E-state index is 6.52. The number of para-hydroxylation sites is 1. The Morgan fingerprint density at radius 1 is 1.33 bits per heavy atom. The van der Waals surface area contributed by atoms with Gasteiger partial charge in [-0.25, -0.2) is 0 Å². The normalized spacial score (nSPS) is 20.4. The first-order valence-electron chi connectivity index (χ1n) is 6.63. The van der Waals surface area contributed by atoms with Crippen molar-refractivity contribution in [1.29, 1.82) is 0 Å². The van der Waals surface area contributed by atoms with Crippen molar-refractivity contribution in [1.82, 2.24) is 0 Å². The summed E-state index contributed by atoms with van der Waals surface area (Å²) in [7, 11) is 1.70. The van der Waals surface area contributed by atoms with E-state index in [0.29, 0.717) is 5.92 Å². The van der Waals surface area contributed by atoms with E-state index in [9.17, 15) is 0 Å². The minimum absolute atomic E-state index is 0.339. The minimum Gasteiger partial charge on any atom is -0.496 e. The van der Waals surface area contributed by atoms with Gasteiger partial charge in [0.1, 0.15) is 5.75 Å². The second kappa shape index (κ2) is 5.72. The number of benzene rings is 1. The maximum Gasteiger partial charge on any atom is 0.123 e. The first kappa shape index (κ1) is 13.4. The zero-order valence-electron chi connectivity index (χ0n) is 11.3. The van der Waals surface area contributed by atoms with Gasteiger partial charge in [-0.2, -0.15) is 0 Å². The summed E-state index contributed by atoms with van der Waals surface area (Å²) >= 11 is 0. The molecule has 1 aromatic carbocycles. The van der Waals surface area contributed by atoms with Crippen LogP contribution in [0.5, 0.6) is 5.75 Å². The van der Waals surface area contributed by atoms with Crippen molar-refractivity contribution in [3.8, 4) is 5.75 Å². The molecule has 2 rings (SSSR count). The van der Waals surface area contributed by atoms with Crippen LogP contribution in [-0.2, 0) is 10.3 Å². The molecule has 1 aliphatic rings. The third kappa shape index (κ3) is 3.03. The quantitative estimate of drug-likeness (QED) is 0.892. The molecule has 1 fully saturated rings. The van der Waals surface area contributed by atoms with Crippen LogP contribution in [0.25, 0.3) is 0 Å². The Morgan fingerprint density at radius 3 is 2.67 bits per heavy atom. The van der Waals surface area contributed by atoms with Crippen LogP contribution in [0.15, 0.2) is 24.3 Å². The van der Waals surface area contributed by atoms with E-state index in [0.717, 1.165) is 43.8 Å². The topological polar surface area (TPSA) is 44.5 Å². The Labute approximate surface area is 109 Å². The van der Waals surface area contributed by atoms with Gasteiger partial charge in [-0.3, -0.25) is 0 Å². The smallest absolute Gasteiger partial charge is 0.123 e. The van der Waals surface area contributed by atoms with Crippen LogP contribution in [0.2, 0.25) is 0 Å². The van der Waals surface area contributed by atoms with E-state index < -0.39 is 0 Å². The molecule has 1 aliphatic heterocycles. The Kier molecular flexibility index (Phi) is 4.25. The van der Waals surface area contributed by atoms with Crippen molar-refractivity contribution in [3.63, 3.8) is 0 Å². The summed E-state index contributed by atoms with van der Waals surface area (Å²) in [6.45, 7) is 3.83. The Bertz CT molecular complexity index is 384. The molecule has 3 nitrogen and oxygen atoms in total. The van der Waals surface area contributed by atoms with Crippen LogP contribution in [0.4, 0.5) is 0 Å². The van der Waals surface area contributed by atoms with Crippen molar-refractivity contribution < 1.29 is 9.47 Å². The van der Waals surface area contributed by atoms with Crippen LogP contribution in [0.1, 0.15) is 31.7 Å². The highest BCUT2D eigenvalue weighted by Gasteiger charge is 2.29. The van der Waals surface area contributed by atoms with Gasteiger partial charge in [0, 0.05) is 24.3 Å². The van der Waals surface area contributed by atoms with Gasteiger partial charge in [0.05, 0.1) is 7.11 Å². The zero-order valence-corrected chi connectivity index (χ0v) is 11.3. The van der Waals surface area contributed by atoms with E-state index in [4.69, 9.17) is 15.2 Å². The van der Waals surface area contributed by atoms with E-state index in [1.807, 2.05) is 18.2 Å². The predicted molar refractivity (Wildman–Crippen MR) is 72.7 cm³/mol. The summed E-state index contributed by atoms with van der Waals surface area (Å²) in [5, 5.41) is 0. The van der Waals surface area contributed by atoms with Crippen LogP contribution in [0, 0.1) is 5.92 Å². The lowest BCUT2D eigenvalue weighted by atomic mass is 9.80. The lowest BCUT2D eigenvalue weighted by Crippen LogP contribution is -2.37. The van der Waals surface area contributed by atoms with E-state index in [-0.39, 0.29) is 5.54 Å². The Hall–Kier alpha value is -1.06. The molecule has 100 valence electrons. The fourth-order valence-electron chi connectivity index (χ4n) is 2.78. The first-order chi connectivity index (χ1) is 8.63. The second-order valence-corrected chi connectivity index (χ2v) is 5.38. The fourth-order valence-corrected chi connectivity index (χ4v) is 2.78. The van der Waals surface area contributed by atoms with Crippen molar-refractivity contribution in [3.05, 3.63) is 29.8 Å². The number of methoxy groups -OCH3 is 1. The summed E-state index contributed by atoms with van der Waals surface area (Å²) in [6, 6.07) is 8.04. The van der Waals surface area contributed by atoms with E-state index in [1.165, 1.54) is 0 Å². The summed E-state index contributed by atoms with van der Waals surface area (Å²) in [4.78, 5) is 0. The van der Waals surface area contributed by atoms with E-state index >= 15 is 0 Å². The summed E-state index contributed by atoms with van der Waals surface area (Å²) in [6.07, 6.45) is 3.21. The van der Waals surface area contributed by atoms with E-state index in [1.54, 1.807) is 7.11 Å². The molecule has 1 heterocycles. The highest BCUT2D eigenvalue weighted by molar-refractivity contribution is 5.38. The van der Waals surface area contributed by atoms with Gasteiger partial charge in [0.25, 0.3) is 0 Å². The molecule has 1 atom stereocenters. The van der Waals surface area contributed by atoms with Gasteiger partial charge in [0.2, 0.25) is 0 Å². The molecule has 1 unspecified atom stereocenters. The third-order valence-corrected chi connectivity index (χ3v) is 3.78. The lowest BCUT2D eigenvalue weighted by Gasteiger charge is -2.33. The molecule has 0 aliphatic carbocycles. The van der Waals surface area contributed by atoms with Gasteiger partial charge in [-0.1, -0.05) is 18.2 Å². The predicted octanol–water partition coefficient (Wildman–Crippen LogP) is 2.69. The maximum atomic E-state index is 6.52. The van der Waals surface area contributed by atoms with Crippen molar-refractivity contribution >= 4 is 0 Å². The van der Waals surface area contributed by atoms with Crippen LogP contribution in [0.3, 0.4) is 0 Å². The van der Waals surface area contributed by atoms with Crippen molar-refractivity contribution in [2.45, 2.75) is 31.7 Å². The molecule has 0 spiro atoms. The van der Waals surface area contributed by atoms with Gasteiger partial charge in [0.15, 0.2) is 0 Å².